The Kier molecular flexibility index (Phi) is 10.4. The Morgan fingerprint density at radius 3 is 2.88 bits per heavy atom. The summed E-state index contributed by atoms with van der Waals surface area (Å²) in [6.45, 7) is 7.94. The molecule has 1 atom stereocenters. The Balaban J connectivity index is 1.55. The number of nitrogens with zero attached hydrogens (tertiary/aromatic N) is 4. The third-order valence-electron chi connectivity index (χ3n) is 6.36. The van der Waals surface area contributed by atoms with Gasteiger partial charge in [0.05, 0.1) is 6.20 Å². The zero-order chi connectivity index (χ0) is 23.5. The lowest BCUT2D eigenvalue weighted by molar-refractivity contribution is -0.564. The molecular formula is C25H40ClN6O+. The molecule has 0 bridgehead atoms. The van der Waals surface area contributed by atoms with Crippen LogP contribution in [0.15, 0.2) is 18.0 Å². The van der Waals surface area contributed by atoms with Gasteiger partial charge >= 0.3 is 0 Å². The van der Waals surface area contributed by atoms with Crippen molar-refractivity contribution in [3.63, 3.8) is 0 Å². The van der Waals surface area contributed by atoms with Gasteiger partial charge in [0, 0.05) is 45.3 Å². The summed E-state index contributed by atoms with van der Waals surface area (Å²) in [6.07, 6.45) is 16.9. The van der Waals surface area contributed by atoms with Crippen LogP contribution in [0.1, 0.15) is 78.1 Å². The zero-order valence-electron chi connectivity index (χ0n) is 20.3. The van der Waals surface area contributed by atoms with Gasteiger partial charge in [0.1, 0.15) is 23.1 Å². The molecule has 1 unspecified atom stereocenters. The summed E-state index contributed by atoms with van der Waals surface area (Å²) in [4.78, 5) is 22.9. The molecule has 1 saturated heterocycles. The van der Waals surface area contributed by atoms with Gasteiger partial charge in [0.25, 0.3) is 0 Å². The molecule has 2 aliphatic heterocycles. The lowest BCUT2D eigenvalue weighted by Gasteiger charge is -2.26. The van der Waals surface area contributed by atoms with E-state index in [2.05, 4.69) is 51.3 Å². The van der Waals surface area contributed by atoms with Crippen molar-refractivity contribution < 1.29 is 9.37 Å². The fourth-order valence-electron chi connectivity index (χ4n) is 4.54. The molecule has 3 heterocycles. The van der Waals surface area contributed by atoms with Crippen LogP contribution in [0.25, 0.3) is 0 Å². The van der Waals surface area contributed by atoms with E-state index in [0.717, 1.165) is 51.0 Å². The van der Waals surface area contributed by atoms with Crippen molar-refractivity contribution in [3.8, 4) is 0 Å². The fourth-order valence-corrected chi connectivity index (χ4v) is 4.70. The van der Waals surface area contributed by atoms with Gasteiger partial charge in [-0.15, -0.1) is 0 Å². The normalized spacial score (nSPS) is 17.4. The fraction of sp³-hybridized carbons (Fsp3) is 0.680. The quantitative estimate of drug-likeness (QED) is 0.307. The number of aromatic nitrogens is 2. The molecule has 3 rings (SSSR count). The maximum absolute atomic E-state index is 11.9. The first-order chi connectivity index (χ1) is 16.1. The van der Waals surface area contributed by atoms with E-state index in [0.29, 0.717) is 35.8 Å². The van der Waals surface area contributed by atoms with Gasteiger partial charge in [-0.05, 0) is 38.2 Å². The summed E-state index contributed by atoms with van der Waals surface area (Å²) in [5, 5.41) is 7.18. The number of anilines is 2. The van der Waals surface area contributed by atoms with Crippen LogP contribution < -0.4 is 10.6 Å². The molecule has 0 spiro atoms. The lowest BCUT2D eigenvalue weighted by Crippen LogP contribution is -2.36. The lowest BCUT2D eigenvalue weighted by atomic mass is 10.0. The highest BCUT2D eigenvalue weighted by Crippen LogP contribution is 2.21. The Labute approximate surface area is 203 Å². The minimum absolute atomic E-state index is 0.273. The van der Waals surface area contributed by atoms with Gasteiger partial charge in [-0.2, -0.15) is 4.98 Å². The van der Waals surface area contributed by atoms with Gasteiger partial charge in [-0.25, -0.2) is 9.56 Å². The van der Waals surface area contributed by atoms with Crippen LogP contribution in [0, 0.1) is 0 Å². The van der Waals surface area contributed by atoms with Gasteiger partial charge in [-0.3, -0.25) is 4.79 Å². The van der Waals surface area contributed by atoms with Crippen LogP contribution in [0.3, 0.4) is 0 Å². The number of carbonyl (C=O) groups excluding carboxylic acids is 1. The van der Waals surface area contributed by atoms with E-state index in [1.165, 1.54) is 32.1 Å². The van der Waals surface area contributed by atoms with Crippen LogP contribution in [-0.2, 0) is 4.79 Å². The Morgan fingerprint density at radius 1 is 1.21 bits per heavy atom. The maximum atomic E-state index is 11.9. The summed E-state index contributed by atoms with van der Waals surface area (Å²) in [5.41, 5.74) is 1.04. The van der Waals surface area contributed by atoms with Crippen molar-refractivity contribution in [1.29, 1.82) is 0 Å². The number of likely N-dealkylation sites (tertiary alicyclic amines) is 1. The molecule has 1 aromatic heterocycles. The first-order valence-electron chi connectivity index (χ1n) is 12.7. The molecule has 8 heteroatoms. The third kappa shape index (κ3) is 7.98. The van der Waals surface area contributed by atoms with E-state index in [1.807, 2.05) is 4.90 Å². The molecule has 7 nitrogen and oxygen atoms in total. The van der Waals surface area contributed by atoms with Crippen molar-refractivity contribution in [2.75, 3.05) is 36.8 Å². The number of piperidine rings is 1. The molecule has 2 aliphatic rings. The molecule has 33 heavy (non-hydrogen) atoms. The topological polar surface area (TPSA) is 73.2 Å². The van der Waals surface area contributed by atoms with Crippen molar-refractivity contribution in [2.24, 2.45) is 0 Å². The summed E-state index contributed by atoms with van der Waals surface area (Å²) in [6, 6.07) is 0.593. The van der Waals surface area contributed by atoms with Crippen LogP contribution in [0.5, 0.6) is 0 Å². The average Bonchev–Trinajstić information content (AvgIpc) is 2.82. The van der Waals surface area contributed by atoms with Crippen LogP contribution in [-0.4, -0.2) is 63.8 Å². The first-order valence-corrected chi connectivity index (χ1v) is 13.1. The first kappa shape index (κ1) is 25.5. The summed E-state index contributed by atoms with van der Waals surface area (Å²) in [5.74, 6) is 1.44. The summed E-state index contributed by atoms with van der Waals surface area (Å²) < 4.78 is 2.48. The zero-order valence-corrected chi connectivity index (χ0v) is 21.0. The van der Waals surface area contributed by atoms with E-state index >= 15 is 0 Å². The molecule has 1 aromatic rings. The third-order valence-corrected chi connectivity index (χ3v) is 6.63. The van der Waals surface area contributed by atoms with Crippen molar-refractivity contribution >= 4 is 35.5 Å². The standard InChI is InChI=1S/C25H40ClN6O/c1-3-5-12-21(10-4-2)32-16-8-11-20(19-32)29-25-28-18-22(26)24(30-25)27-14-9-17-31-15-7-6-13-23(31)33/h11,18-19,21H,3-10,12-17H2,1-2H3,(H2,27,28,29,30)/q+1. The smallest absolute Gasteiger partial charge is 0.229 e. The summed E-state index contributed by atoms with van der Waals surface area (Å²) in [7, 11) is 0. The van der Waals surface area contributed by atoms with Crippen molar-refractivity contribution in [3.05, 3.63) is 23.0 Å². The van der Waals surface area contributed by atoms with Gasteiger partial charge in [0.2, 0.25) is 11.9 Å². The number of halogens is 1. The second-order valence-corrected chi connectivity index (χ2v) is 9.44. The molecule has 1 fully saturated rings. The molecular weight excluding hydrogens is 436 g/mol. The number of carbonyl (C=O) groups is 1. The number of hydrogen-bond donors (Lipinski definition) is 2. The van der Waals surface area contributed by atoms with E-state index in [-0.39, 0.29) is 5.91 Å². The molecule has 182 valence electrons. The number of unbranched alkanes of at least 4 members (excludes halogenated alkanes) is 1. The van der Waals surface area contributed by atoms with Crippen LogP contribution >= 0.6 is 11.6 Å². The van der Waals surface area contributed by atoms with Gasteiger partial charge in [0.15, 0.2) is 12.3 Å². The second kappa shape index (κ2) is 13.5. The highest BCUT2D eigenvalue weighted by Gasteiger charge is 2.22. The number of hydrogen-bond acceptors (Lipinski definition) is 5. The summed E-state index contributed by atoms with van der Waals surface area (Å²) >= 11 is 6.33. The number of rotatable bonds is 13. The predicted octanol–water partition coefficient (Wildman–Crippen LogP) is 5.09. The van der Waals surface area contributed by atoms with Gasteiger partial charge in [-0.1, -0.05) is 31.9 Å². The second-order valence-electron chi connectivity index (χ2n) is 9.03. The van der Waals surface area contributed by atoms with Crippen LogP contribution in [0.2, 0.25) is 5.02 Å². The Morgan fingerprint density at radius 2 is 2.09 bits per heavy atom. The Bertz CT molecular complexity index is 840. The molecule has 0 saturated carbocycles. The molecule has 1 amide bonds. The Hall–Kier alpha value is -2.15. The maximum Gasteiger partial charge on any atom is 0.229 e. The van der Waals surface area contributed by atoms with E-state index in [9.17, 15) is 4.79 Å². The minimum atomic E-state index is 0.273. The van der Waals surface area contributed by atoms with Crippen molar-refractivity contribution in [2.45, 2.75) is 84.1 Å². The molecule has 0 radical (unpaired) electrons. The molecule has 0 aliphatic carbocycles. The largest absolute Gasteiger partial charge is 0.369 e. The highest BCUT2D eigenvalue weighted by molar-refractivity contribution is 6.32. The van der Waals surface area contributed by atoms with Crippen molar-refractivity contribution in [1.82, 2.24) is 14.9 Å². The van der Waals surface area contributed by atoms with E-state index in [1.54, 1.807) is 6.20 Å². The van der Waals surface area contributed by atoms with E-state index < -0.39 is 0 Å². The van der Waals surface area contributed by atoms with Crippen LogP contribution in [0.4, 0.5) is 11.8 Å². The highest BCUT2D eigenvalue weighted by atomic mass is 35.5. The molecule has 2 N–H and O–H groups in total. The average molecular weight is 476 g/mol. The molecule has 0 aromatic carbocycles. The number of allylic oxidation sites excluding steroid dienone is 1. The predicted molar refractivity (Wildman–Crippen MR) is 136 cm³/mol. The van der Waals surface area contributed by atoms with Gasteiger partial charge < -0.3 is 15.5 Å². The monoisotopic (exact) mass is 475 g/mol. The SMILES string of the molecule is CCCCC(CCC)[N+]1=CC(Nc2ncc(Cl)c(NCCCN3CCCCC3=O)n2)=CCC1. The van der Waals surface area contributed by atoms with E-state index in [4.69, 9.17) is 11.6 Å². The number of nitrogens with one attached hydrogen (secondary N) is 2. The minimum Gasteiger partial charge on any atom is -0.369 e. The number of amides is 1.